The molecule has 0 aromatic carbocycles. The molecule has 1 amide bonds. The normalized spacial score (nSPS) is 39.0. The predicted molar refractivity (Wildman–Crippen MR) is 284 cm³/mol. The first-order valence-electron chi connectivity index (χ1n) is 27.3. The summed E-state index contributed by atoms with van der Waals surface area (Å²) in [5.41, 5.74) is 0.247. The van der Waals surface area contributed by atoms with Crippen molar-refractivity contribution in [3.8, 4) is 0 Å². The molecule has 71 heavy (non-hydrogen) atoms. The van der Waals surface area contributed by atoms with Crippen LogP contribution in [-0.2, 0) is 51.7 Å². The molecule has 15 atom stereocenters. The third kappa shape index (κ3) is 13.4. The molecule has 0 aromatic rings. The number of rotatable bonds is 10. The Morgan fingerprint density at radius 2 is 1.39 bits per heavy atom. The number of piperidine rings is 1. The molecule has 4 aliphatic heterocycles. The quantitative estimate of drug-likeness (QED) is 0.0959. The highest BCUT2D eigenvalue weighted by Gasteiger charge is 2.73. The van der Waals surface area contributed by atoms with Gasteiger partial charge in [0.1, 0.15) is 24.0 Å². The van der Waals surface area contributed by atoms with Crippen molar-refractivity contribution >= 4 is 34.3 Å². The number of esters is 1. The van der Waals surface area contributed by atoms with E-state index in [1.54, 1.807) is 26.2 Å². The molecule has 1 saturated carbocycles. The first kappa shape index (κ1) is 60.1. The first-order valence-corrected chi connectivity index (χ1v) is 33.1. The number of ether oxygens (including phenoxy) is 6. The number of cyclic esters (lactones) is 1. The Hall–Kier alpha value is -1.80. The highest BCUT2D eigenvalue weighted by molar-refractivity contribution is 6.74. The maximum atomic E-state index is 15.2. The number of ketones is 1. The Kier molecular flexibility index (Phi) is 20.0. The van der Waals surface area contributed by atoms with Crippen LogP contribution in [0.25, 0.3) is 0 Å². The van der Waals surface area contributed by atoms with Crippen molar-refractivity contribution < 1.29 is 56.8 Å². The van der Waals surface area contributed by atoms with Gasteiger partial charge in [-0.05, 0) is 132 Å². The molecule has 4 fully saturated rings. The SMILES string of the molecule is CC[C@@H]1/C=C(\C)C[C@H](C)C[C@H](OC)[C@H]2O[C@](O)([C@H](C)C[C@@H]2OC)[C@]2(CO2)C(=O)N2CCCC[C@H]2C(=O)O[C@H](/C(C)=C/[C@@H]2CC[C@@H](O[Si](C)(C)C(C)(C)C)[C@H](OC)C2)[C@H](C)[C@@H](O[Si](C)(C)C(C)(C)C)CC1=O. The minimum absolute atomic E-state index is 0.0140. The first-order chi connectivity index (χ1) is 32.9. The van der Waals surface area contributed by atoms with E-state index in [1.165, 1.54) is 0 Å². The molecule has 4 heterocycles. The fourth-order valence-electron chi connectivity index (χ4n) is 11.5. The number of allylic oxidation sites excluding steroid dienone is 3. The predicted octanol–water partition coefficient (Wildman–Crippen LogP) is 10.7. The fraction of sp³-hybridized carbons (Fsp3) is 0.875. The van der Waals surface area contributed by atoms with Gasteiger partial charge in [-0.1, -0.05) is 87.0 Å². The van der Waals surface area contributed by atoms with Crippen LogP contribution in [0.2, 0.25) is 36.3 Å². The average molecular weight is 1030 g/mol. The summed E-state index contributed by atoms with van der Waals surface area (Å²) < 4.78 is 52.4. The number of carbonyl (C=O) groups is 3. The van der Waals surface area contributed by atoms with Crippen molar-refractivity contribution in [2.75, 3.05) is 34.5 Å². The average Bonchev–Trinajstić information content (AvgIpc) is 4.11. The van der Waals surface area contributed by atoms with Crippen LogP contribution in [0.1, 0.15) is 154 Å². The van der Waals surface area contributed by atoms with Gasteiger partial charge in [-0.3, -0.25) is 9.59 Å². The number of amides is 1. The van der Waals surface area contributed by atoms with E-state index in [0.717, 1.165) is 30.4 Å². The number of Topliss-reactive ketones (excluding diaryl/α,β-unsaturated/α-hetero) is 1. The molecule has 2 bridgehead atoms. The number of methoxy groups -OCH3 is 3. The van der Waals surface area contributed by atoms with Gasteiger partial charge < -0.3 is 47.3 Å². The topological polar surface area (TPSA) is 152 Å². The Balaban J connectivity index is 1.62. The van der Waals surface area contributed by atoms with E-state index in [1.807, 2.05) is 13.8 Å². The van der Waals surface area contributed by atoms with Crippen LogP contribution in [0.3, 0.4) is 0 Å². The van der Waals surface area contributed by atoms with Gasteiger partial charge in [0.15, 0.2) is 16.6 Å². The van der Waals surface area contributed by atoms with Crippen LogP contribution in [0, 0.1) is 29.6 Å². The van der Waals surface area contributed by atoms with Gasteiger partial charge in [-0.2, -0.15) is 0 Å². The molecule has 5 rings (SSSR count). The number of fused-ring (bicyclic) bond motifs is 4. The Bertz CT molecular complexity index is 1890. The van der Waals surface area contributed by atoms with Crippen molar-refractivity contribution in [2.24, 2.45) is 29.6 Å². The second kappa shape index (κ2) is 23.6. The zero-order valence-corrected chi connectivity index (χ0v) is 49.7. The molecule has 5 aliphatic rings. The Morgan fingerprint density at radius 3 is 1.94 bits per heavy atom. The molecule has 0 unspecified atom stereocenters. The van der Waals surface area contributed by atoms with Crippen molar-refractivity contribution in [1.29, 1.82) is 0 Å². The van der Waals surface area contributed by atoms with Crippen molar-refractivity contribution in [1.82, 2.24) is 4.90 Å². The maximum Gasteiger partial charge on any atom is 0.329 e. The molecular formula is C56H99NO12Si2. The van der Waals surface area contributed by atoms with Gasteiger partial charge in [-0.15, -0.1) is 0 Å². The van der Waals surface area contributed by atoms with Gasteiger partial charge in [0.2, 0.25) is 11.4 Å². The van der Waals surface area contributed by atoms with Gasteiger partial charge in [0, 0.05) is 52.0 Å². The van der Waals surface area contributed by atoms with E-state index in [4.69, 9.17) is 37.3 Å². The van der Waals surface area contributed by atoms with Crippen molar-refractivity contribution in [3.63, 3.8) is 0 Å². The van der Waals surface area contributed by atoms with E-state index in [0.29, 0.717) is 51.5 Å². The third-order valence-corrected chi connectivity index (χ3v) is 27.2. The zero-order chi connectivity index (χ0) is 53.2. The summed E-state index contributed by atoms with van der Waals surface area (Å²) in [5.74, 6) is -4.05. The molecule has 1 N–H and O–H groups in total. The van der Waals surface area contributed by atoms with E-state index in [2.05, 4.69) is 108 Å². The van der Waals surface area contributed by atoms with Gasteiger partial charge >= 0.3 is 5.97 Å². The van der Waals surface area contributed by atoms with Crippen LogP contribution in [0.5, 0.6) is 0 Å². The summed E-state index contributed by atoms with van der Waals surface area (Å²) in [6, 6.07) is -0.939. The van der Waals surface area contributed by atoms with Gasteiger partial charge in [0.25, 0.3) is 5.91 Å². The molecule has 3 saturated heterocycles. The molecule has 15 heteroatoms. The smallest absolute Gasteiger partial charge is 0.329 e. The summed E-state index contributed by atoms with van der Waals surface area (Å²) in [7, 11) is 0.456. The molecule has 0 radical (unpaired) electrons. The highest BCUT2D eigenvalue weighted by atomic mass is 28.4. The van der Waals surface area contributed by atoms with Crippen LogP contribution in [0.15, 0.2) is 23.3 Å². The van der Waals surface area contributed by atoms with Crippen LogP contribution >= 0.6 is 0 Å². The van der Waals surface area contributed by atoms with Crippen LogP contribution in [-0.4, -0.2) is 139 Å². The number of hydrogen-bond donors (Lipinski definition) is 1. The number of epoxide rings is 1. The molecule has 0 aromatic heterocycles. The minimum atomic E-state index is -2.51. The van der Waals surface area contributed by atoms with Crippen molar-refractivity contribution in [3.05, 3.63) is 23.3 Å². The van der Waals surface area contributed by atoms with E-state index < -0.39 is 88.3 Å². The van der Waals surface area contributed by atoms with Gasteiger partial charge in [0.05, 0.1) is 37.1 Å². The second-order valence-electron chi connectivity index (χ2n) is 25.6. The number of nitrogens with zero attached hydrogens (tertiary/aromatic N) is 1. The zero-order valence-electron chi connectivity index (χ0n) is 47.7. The molecule has 1 aliphatic carbocycles. The van der Waals surface area contributed by atoms with Gasteiger partial charge in [-0.25, -0.2) is 4.79 Å². The third-order valence-electron chi connectivity index (χ3n) is 18.2. The van der Waals surface area contributed by atoms with E-state index in [-0.39, 0.29) is 58.8 Å². The fourth-order valence-corrected chi connectivity index (χ4v) is 14.3. The molecule has 13 nitrogen and oxygen atoms in total. The largest absolute Gasteiger partial charge is 0.456 e. The lowest BCUT2D eigenvalue weighted by Gasteiger charge is -2.50. The van der Waals surface area contributed by atoms with E-state index in [9.17, 15) is 9.90 Å². The second-order valence-corrected chi connectivity index (χ2v) is 35.2. The van der Waals surface area contributed by atoms with Crippen molar-refractivity contribution in [2.45, 2.75) is 250 Å². The standard InChI is InChI=1S/C56H99NO12Si2/c1-20-41-28-35(2)27-36(3)29-47(63-14)50-48(64-15)31-38(5)56(61,67-50)55(34-65-55)52(60)57-26-22-21-23-42(57)51(59)66-49(39(6)45(33-43(41)58)69-71(18,19)54(10,11)12)37(4)30-40-24-25-44(46(32-40)62-13)68-70(16,17)53(7,8)9/h28,30,36,38-42,44-50,61H,20-27,29,31-34H2,1-19H3/b35-28+,37-30+/t36-,38+,39+,40-,41+,42-,44+,45-,46+,47-,48-,49+,50+,55-,56+/m0/s1. The minimum Gasteiger partial charge on any atom is -0.456 e. The molecule has 1 spiro atoms. The van der Waals surface area contributed by atoms with E-state index >= 15 is 9.59 Å². The summed E-state index contributed by atoms with van der Waals surface area (Å²) in [5, 5.41) is 12.7. The van der Waals surface area contributed by atoms with Crippen LogP contribution < -0.4 is 0 Å². The maximum absolute atomic E-state index is 15.2. The summed E-state index contributed by atoms with van der Waals surface area (Å²) >= 11 is 0. The number of hydrogen-bond acceptors (Lipinski definition) is 12. The monoisotopic (exact) mass is 1030 g/mol. The number of aliphatic hydroxyl groups is 1. The lowest BCUT2D eigenvalue weighted by molar-refractivity contribution is -0.340. The summed E-state index contributed by atoms with van der Waals surface area (Å²) in [4.78, 5) is 46.9. The summed E-state index contributed by atoms with van der Waals surface area (Å²) in [6.07, 6.45) is 8.00. The molecular weight excluding hydrogens is 935 g/mol. The summed E-state index contributed by atoms with van der Waals surface area (Å²) in [6.45, 7) is 34.9. The lowest BCUT2D eigenvalue weighted by atomic mass is 9.78. The Labute approximate surface area is 431 Å². The molecule has 408 valence electrons. The number of carbonyl (C=O) groups excluding carboxylic acids is 3. The Morgan fingerprint density at radius 1 is 0.817 bits per heavy atom. The highest BCUT2D eigenvalue weighted by Crippen LogP contribution is 2.52. The lowest BCUT2D eigenvalue weighted by Crippen LogP contribution is -2.68. The van der Waals surface area contributed by atoms with Crippen LogP contribution in [0.4, 0.5) is 0 Å².